The van der Waals surface area contributed by atoms with Crippen LogP contribution < -0.4 is 5.73 Å². The predicted molar refractivity (Wildman–Crippen MR) is 61.2 cm³/mol. The second kappa shape index (κ2) is 4.57. The molecule has 0 spiro atoms. The van der Waals surface area contributed by atoms with E-state index < -0.39 is 23.5 Å². The van der Waals surface area contributed by atoms with Crippen molar-refractivity contribution < 1.29 is 17.6 Å². The van der Waals surface area contributed by atoms with Crippen molar-refractivity contribution in [3.05, 3.63) is 34.1 Å². The summed E-state index contributed by atoms with van der Waals surface area (Å²) >= 11 is 2.94. The average molecular weight is 314 g/mol. The van der Waals surface area contributed by atoms with Crippen molar-refractivity contribution in [2.24, 2.45) is 5.73 Å². The molecule has 1 atom stereocenters. The number of alkyl halides is 3. The van der Waals surface area contributed by atoms with Crippen molar-refractivity contribution in [3.8, 4) is 0 Å². The third-order valence-electron chi connectivity index (χ3n) is 2.79. The van der Waals surface area contributed by atoms with Gasteiger partial charge in [0.05, 0.1) is 4.47 Å². The van der Waals surface area contributed by atoms with Gasteiger partial charge in [-0.15, -0.1) is 0 Å². The highest BCUT2D eigenvalue weighted by atomic mass is 79.9. The summed E-state index contributed by atoms with van der Waals surface area (Å²) in [4.78, 5) is 0. The summed E-state index contributed by atoms with van der Waals surface area (Å²) in [7, 11) is 0. The van der Waals surface area contributed by atoms with Gasteiger partial charge < -0.3 is 5.73 Å². The fourth-order valence-corrected chi connectivity index (χ4v) is 1.86. The van der Waals surface area contributed by atoms with Crippen LogP contribution in [0.2, 0.25) is 0 Å². The second-order valence-corrected chi connectivity index (χ2v) is 5.22. The minimum absolute atomic E-state index is 0.123. The van der Waals surface area contributed by atoms with E-state index in [1.165, 1.54) is 26.0 Å². The summed E-state index contributed by atoms with van der Waals surface area (Å²) in [5.41, 5.74) is 4.22. The van der Waals surface area contributed by atoms with E-state index in [1.54, 1.807) is 0 Å². The first-order chi connectivity index (χ1) is 7.56. The SMILES string of the molecule is CC(C)(c1ccc(F)c(Br)c1)C(N)C(F)(F)F. The highest BCUT2D eigenvalue weighted by Crippen LogP contribution is 2.36. The molecule has 0 saturated heterocycles. The van der Waals surface area contributed by atoms with Crippen molar-refractivity contribution in [1.29, 1.82) is 0 Å². The van der Waals surface area contributed by atoms with Crippen molar-refractivity contribution in [2.75, 3.05) is 0 Å². The molecular formula is C11H12BrF4N. The minimum atomic E-state index is -4.50. The molecular weight excluding hydrogens is 302 g/mol. The third-order valence-corrected chi connectivity index (χ3v) is 3.40. The molecule has 0 fully saturated rings. The Kier molecular flexibility index (Phi) is 3.88. The van der Waals surface area contributed by atoms with Gasteiger partial charge in [-0.3, -0.25) is 0 Å². The Morgan fingerprint density at radius 2 is 1.76 bits per heavy atom. The number of rotatable bonds is 2. The molecule has 6 heteroatoms. The van der Waals surface area contributed by atoms with Crippen LogP contribution in [0.5, 0.6) is 0 Å². The van der Waals surface area contributed by atoms with E-state index in [2.05, 4.69) is 15.9 Å². The highest BCUT2D eigenvalue weighted by molar-refractivity contribution is 9.10. The molecule has 1 unspecified atom stereocenters. The van der Waals surface area contributed by atoms with Gasteiger partial charge >= 0.3 is 6.18 Å². The van der Waals surface area contributed by atoms with Gasteiger partial charge in [-0.2, -0.15) is 13.2 Å². The molecule has 2 N–H and O–H groups in total. The Bertz CT molecular complexity index is 414. The quantitative estimate of drug-likeness (QED) is 0.827. The minimum Gasteiger partial charge on any atom is -0.319 e. The van der Waals surface area contributed by atoms with Gasteiger partial charge in [0.15, 0.2) is 0 Å². The molecule has 96 valence electrons. The molecule has 0 aliphatic carbocycles. The molecule has 0 saturated carbocycles. The molecule has 0 heterocycles. The summed E-state index contributed by atoms with van der Waals surface area (Å²) in [6.07, 6.45) is -4.50. The van der Waals surface area contributed by atoms with Crippen molar-refractivity contribution in [1.82, 2.24) is 0 Å². The first-order valence-electron chi connectivity index (χ1n) is 4.84. The fraction of sp³-hybridized carbons (Fsp3) is 0.455. The zero-order valence-electron chi connectivity index (χ0n) is 9.28. The first-order valence-corrected chi connectivity index (χ1v) is 5.64. The summed E-state index contributed by atoms with van der Waals surface area (Å²) < 4.78 is 50.9. The lowest BCUT2D eigenvalue weighted by molar-refractivity contribution is -0.160. The lowest BCUT2D eigenvalue weighted by Crippen LogP contribution is -2.51. The van der Waals surface area contributed by atoms with Crippen LogP contribution in [-0.2, 0) is 5.41 Å². The van der Waals surface area contributed by atoms with Gasteiger partial charge in [-0.1, -0.05) is 19.9 Å². The monoisotopic (exact) mass is 313 g/mol. The molecule has 1 rings (SSSR count). The Hall–Kier alpha value is -0.620. The van der Waals surface area contributed by atoms with Gasteiger partial charge in [0.2, 0.25) is 0 Å². The van der Waals surface area contributed by atoms with Crippen LogP contribution in [-0.4, -0.2) is 12.2 Å². The molecule has 0 bridgehead atoms. The second-order valence-electron chi connectivity index (χ2n) is 4.37. The number of hydrogen-bond donors (Lipinski definition) is 1. The van der Waals surface area contributed by atoms with Crippen molar-refractivity contribution >= 4 is 15.9 Å². The van der Waals surface area contributed by atoms with Crippen LogP contribution >= 0.6 is 15.9 Å². The topological polar surface area (TPSA) is 26.0 Å². The maximum absolute atomic E-state index is 13.0. The van der Waals surface area contributed by atoms with Gasteiger partial charge in [-0.05, 0) is 33.6 Å². The van der Waals surface area contributed by atoms with Crippen LogP contribution in [0.25, 0.3) is 0 Å². The lowest BCUT2D eigenvalue weighted by atomic mass is 9.78. The van der Waals surface area contributed by atoms with E-state index in [4.69, 9.17) is 5.73 Å². The van der Waals surface area contributed by atoms with Gasteiger partial charge in [-0.25, -0.2) is 4.39 Å². The van der Waals surface area contributed by atoms with E-state index in [0.29, 0.717) is 5.56 Å². The Balaban J connectivity index is 3.17. The van der Waals surface area contributed by atoms with E-state index in [1.807, 2.05) is 0 Å². The van der Waals surface area contributed by atoms with Crippen molar-refractivity contribution in [2.45, 2.75) is 31.5 Å². The lowest BCUT2D eigenvalue weighted by Gasteiger charge is -2.33. The molecule has 0 aliphatic heterocycles. The number of benzene rings is 1. The van der Waals surface area contributed by atoms with Gasteiger partial charge in [0, 0.05) is 5.41 Å². The molecule has 17 heavy (non-hydrogen) atoms. The summed E-state index contributed by atoms with van der Waals surface area (Å²) in [5.74, 6) is -0.523. The summed E-state index contributed by atoms with van der Waals surface area (Å²) in [5, 5.41) is 0. The normalized spacial score (nSPS) is 14.8. The number of hydrogen-bond acceptors (Lipinski definition) is 1. The third kappa shape index (κ3) is 2.98. The smallest absolute Gasteiger partial charge is 0.319 e. The molecule has 1 nitrogen and oxygen atoms in total. The molecule has 0 aliphatic rings. The highest BCUT2D eigenvalue weighted by Gasteiger charge is 2.47. The molecule has 0 aromatic heterocycles. The van der Waals surface area contributed by atoms with E-state index in [0.717, 1.165) is 6.07 Å². The molecule has 1 aromatic carbocycles. The number of halogens is 5. The zero-order chi connectivity index (χ0) is 13.4. The zero-order valence-corrected chi connectivity index (χ0v) is 10.9. The Morgan fingerprint density at radius 1 is 1.24 bits per heavy atom. The largest absolute Gasteiger partial charge is 0.404 e. The van der Waals surface area contributed by atoms with Crippen LogP contribution in [0.1, 0.15) is 19.4 Å². The van der Waals surface area contributed by atoms with E-state index in [-0.39, 0.29) is 4.47 Å². The average Bonchev–Trinajstić information content (AvgIpc) is 2.19. The molecule has 0 radical (unpaired) electrons. The van der Waals surface area contributed by atoms with E-state index >= 15 is 0 Å². The number of nitrogens with two attached hydrogens (primary N) is 1. The fourth-order valence-electron chi connectivity index (χ4n) is 1.49. The van der Waals surface area contributed by atoms with Crippen LogP contribution in [0.15, 0.2) is 22.7 Å². The Labute approximate surface area is 105 Å². The van der Waals surface area contributed by atoms with Crippen LogP contribution in [0.4, 0.5) is 17.6 Å². The molecule has 0 amide bonds. The maximum Gasteiger partial charge on any atom is 0.404 e. The summed E-state index contributed by atoms with van der Waals surface area (Å²) in [6.45, 7) is 2.76. The van der Waals surface area contributed by atoms with Crippen molar-refractivity contribution in [3.63, 3.8) is 0 Å². The predicted octanol–water partition coefficient (Wildman–Crippen LogP) is 3.76. The maximum atomic E-state index is 13.0. The van der Waals surface area contributed by atoms with Gasteiger partial charge in [0.1, 0.15) is 11.9 Å². The molecule has 1 aromatic rings. The summed E-state index contributed by atoms with van der Waals surface area (Å²) in [6, 6.07) is 1.74. The standard InChI is InChI=1S/C11H12BrF4N/c1-10(2,9(17)11(14,15)16)6-3-4-8(13)7(12)5-6/h3-5,9H,17H2,1-2H3. The first kappa shape index (κ1) is 14.4. The van der Waals surface area contributed by atoms with Crippen LogP contribution in [0, 0.1) is 5.82 Å². The van der Waals surface area contributed by atoms with Crippen LogP contribution in [0.3, 0.4) is 0 Å². The van der Waals surface area contributed by atoms with Gasteiger partial charge in [0.25, 0.3) is 0 Å². The Morgan fingerprint density at radius 3 is 2.18 bits per heavy atom. The van der Waals surface area contributed by atoms with E-state index in [9.17, 15) is 17.6 Å².